The molecule has 1 spiro atoms. The summed E-state index contributed by atoms with van der Waals surface area (Å²) in [4.78, 5) is 30.0. The second kappa shape index (κ2) is 8.59. The molecule has 2 saturated heterocycles. The zero-order chi connectivity index (χ0) is 24.9. The molecule has 0 saturated carbocycles. The highest BCUT2D eigenvalue weighted by atomic mass is 19.1. The van der Waals surface area contributed by atoms with Crippen LogP contribution in [-0.2, 0) is 9.53 Å². The molecule has 3 aromatic heterocycles. The summed E-state index contributed by atoms with van der Waals surface area (Å²) in [6.45, 7) is 4.99. The summed E-state index contributed by atoms with van der Waals surface area (Å²) in [7, 11) is 1.51. The van der Waals surface area contributed by atoms with Gasteiger partial charge in [0.1, 0.15) is 12.0 Å². The average Bonchev–Trinajstić information content (AvgIpc) is 3.20. The summed E-state index contributed by atoms with van der Waals surface area (Å²) in [6.07, 6.45) is 2.89. The molecule has 0 radical (unpaired) electrons. The normalized spacial score (nSPS) is 16.1. The fourth-order valence-electron chi connectivity index (χ4n) is 4.65. The van der Waals surface area contributed by atoms with Crippen LogP contribution < -0.4 is 14.2 Å². The Balaban J connectivity index is 1.19. The number of hydrogen-bond donors (Lipinski definition) is 1. The summed E-state index contributed by atoms with van der Waals surface area (Å²) in [5, 5.41) is 0.844. The number of hydrogen-bond acceptors (Lipinski definition) is 8. The van der Waals surface area contributed by atoms with E-state index in [9.17, 15) is 4.79 Å². The Kier molecular flexibility index (Phi) is 5.36. The van der Waals surface area contributed by atoms with Gasteiger partial charge in [-0.15, -0.1) is 0 Å². The van der Waals surface area contributed by atoms with Crippen molar-refractivity contribution >= 4 is 27.8 Å². The van der Waals surface area contributed by atoms with Gasteiger partial charge in [0.2, 0.25) is 11.8 Å². The minimum Gasteiger partial charge on any atom is -0.493 e. The fraction of sp³-hybridized carbons (Fsp3) is 0.360. The number of aromatic amines is 1. The number of nitrogens with zero attached hydrogens (tertiary/aromatic N) is 4. The van der Waals surface area contributed by atoms with E-state index in [0.29, 0.717) is 33.4 Å². The Bertz CT molecular complexity index is 1480. The molecule has 1 N–H and O–H groups in total. The number of rotatable bonds is 7. The summed E-state index contributed by atoms with van der Waals surface area (Å²) in [5.74, 6) is 0.465. The molecule has 186 valence electrons. The van der Waals surface area contributed by atoms with E-state index in [4.69, 9.17) is 18.9 Å². The molecule has 2 aliphatic heterocycles. The lowest BCUT2D eigenvalue weighted by Gasteiger charge is -2.55. The minimum absolute atomic E-state index is 0.0514. The number of nitrogens with one attached hydrogen (secondary N) is 1. The van der Waals surface area contributed by atoms with Crippen molar-refractivity contribution in [2.75, 3.05) is 40.0 Å². The number of methoxy groups -OCH3 is 1. The van der Waals surface area contributed by atoms with Crippen LogP contribution in [0.2, 0.25) is 0 Å². The first kappa shape index (κ1) is 22.5. The minimum atomic E-state index is -0.536. The Hall–Kier alpha value is -3.99. The summed E-state index contributed by atoms with van der Waals surface area (Å²) < 4.78 is 37.5. The van der Waals surface area contributed by atoms with E-state index in [1.165, 1.54) is 19.6 Å². The van der Waals surface area contributed by atoms with Crippen LogP contribution in [0.4, 0.5) is 4.39 Å². The van der Waals surface area contributed by atoms with Crippen LogP contribution in [0, 0.1) is 18.2 Å². The van der Waals surface area contributed by atoms with Crippen molar-refractivity contribution < 1.29 is 28.1 Å². The Labute approximate surface area is 205 Å². The third-order valence-electron chi connectivity index (χ3n) is 6.58. The van der Waals surface area contributed by atoms with Crippen molar-refractivity contribution in [1.82, 2.24) is 24.8 Å². The van der Waals surface area contributed by atoms with E-state index in [-0.39, 0.29) is 36.0 Å². The Morgan fingerprint density at radius 2 is 1.97 bits per heavy atom. The van der Waals surface area contributed by atoms with Gasteiger partial charge in [0.05, 0.1) is 61.3 Å². The third-order valence-corrected chi connectivity index (χ3v) is 6.58. The van der Waals surface area contributed by atoms with Crippen LogP contribution in [0.5, 0.6) is 23.1 Å². The second-order valence-electron chi connectivity index (χ2n) is 9.29. The first-order chi connectivity index (χ1) is 17.4. The molecule has 1 aromatic carbocycles. The van der Waals surface area contributed by atoms with Gasteiger partial charge in [-0.3, -0.25) is 4.79 Å². The van der Waals surface area contributed by atoms with Gasteiger partial charge in [0.15, 0.2) is 23.1 Å². The highest BCUT2D eigenvalue weighted by Gasteiger charge is 2.50. The maximum Gasteiger partial charge on any atom is 0.230 e. The molecule has 0 bridgehead atoms. The molecule has 1 amide bonds. The third kappa shape index (κ3) is 3.85. The van der Waals surface area contributed by atoms with Crippen LogP contribution in [0.3, 0.4) is 0 Å². The van der Waals surface area contributed by atoms with Crippen molar-refractivity contribution in [2.24, 2.45) is 5.41 Å². The number of ether oxygens (including phenoxy) is 4. The molecule has 0 atom stereocenters. The van der Waals surface area contributed by atoms with E-state index in [1.54, 1.807) is 18.2 Å². The van der Waals surface area contributed by atoms with Crippen LogP contribution in [0.25, 0.3) is 21.9 Å². The predicted molar refractivity (Wildman–Crippen MR) is 127 cm³/mol. The lowest BCUT2D eigenvalue weighted by atomic mass is 9.78. The molecule has 6 rings (SSSR count). The van der Waals surface area contributed by atoms with Crippen molar-refractivity contribution in [1.29, 1.82) is 0 Å². The van der Waals surface area contributed by atoms with Crippen LogP contribution in [0.15, 0.2) is 30.7 Å². The van der Waals surface area contributed by atoms with Crippen molar-refractivity contribution in [3.8, 4) is 23.1 Å². The van der Waals surface area contributed by atoms with Gasteiger partial charge in [-0.1, -0.05) is 0 Å². The molecule has 2 aliphatic rings. The molecule has 11 heteroatoms. The molecule has 0 aliphatic carbocycles. The van der Waals surface area contributed by atoms with Gasteiger partial charge in [-0.05, 0) is 19.1 Å². The van der Waals surface area contributed by atoms with E-state index < -0.39 is 5.82 Å². The van der Waals surface area contributed by atoms with E-state index in [1.807, 2.05) is 11.8 Å². The molecule has 0 unspecified atom stereocenters. The number of likely N-dealkylation sites (tertiary alicyclic amines) is 1. The quantitative estimate of drug-likeness (QED) is 0.417. The summed E-state index contributed by atoms with van der Waals surface area (Å²) in [5.41, 5.74) is 1.94. The van der Waals surface area contributed by atoms with Crippen LogP contribution >= 0.6 is 0 Å². The number of benzene rings is 1. The van der Waals surface area contributed by atoms with E-state index in [0.717, 1.165) is 32.0 Å². The lowest BCUT2D eigenvalue weighted by molar-refractivity contribution is -0.195. The Morgan fingerprint density at radius 1 is 1.14 bits per heavy atom. The smallest absolute Gasteiger partial charge is 0.230 e. The highest BCUT2D eigenvalue weighted by Crippen LogP contribution is 2.39. The summed E-state index contributed by atoms with van der Waals surface area (Å²) >= 11 is 0. The lowest BCUT2D eigenvalue weighted by Crippen LogP contribution is -2.67. The zero-order valence-electron chi connectivity index (χ0n) is 19.8. The Morgan fingerprint density at radius 3 is 2.72 bits per heavy atom. The number of H-pyrrole nitrogens is 1. The van der Waals surface area contributed by atoms with Crippen molar-refractivity contribution in [3.05, 3.63) is 42.2 Å². The number of carbonyl (C=O) groups excluding carboxylic acids is 1. The molecule has 5 heterocycles. The zero-order valence-corrected chi connectivity index (χ0v) is 19.8. The van der Waals surface area contributed by atoms with Gasteiger partial charge in [0, 0.05) is 24.8 Å². The number of halogens is 1. The summed E-state index contributed by atoms with van der Waals surface area (Å²) in [6, 6.07) is 5.02. The average molecular weight is 493 g/mol. The van der Waals surface area contributed by atoms with Crippen LogP contribution in [-0.4, -0.2) is 70.8 Å². The molecule has 10 nitrogen and oxygen atoms in total. The molecular weight excluding hydrogens is 469 g/mol. The van der Waals surface area contributed by atoms with E-state index in [2.05, 4.69) is 19.9 Å². The fourth-order valence-corrected chi connectivity index (χ4v) is 4.65. The van der Waals surface area contributed by atoms with E-state index >= 15 is 4.39 Å². The van der Waals surface area contributed by atoms with Crippen molar-refractivity contribution in [3.63, 3.8) is 0 Å². The van der Waals surface area contributed by atoms with Gasteiger partial charge in [0.25, 0.3) is 0 Å². The number of aryl methyl sites for hydroxylation is 1. The predicted octanol–water partition coefficient (Wildman–Crippen LogP) is 3.38. The standard InChI is InChI=1S/C25H24FN5O5/c1-14-5-16-22(26)20(8-27-23(16)30-14)36-24-15-6-18(33-2)19(7-17(15)28-13-29-24)35-4-3-21(32)31-9-25(10-31)11-34-12-25/h5-8,13H,3-4,9-12H2,1-2H3,(H,27,30). The van der Waals surface area contributed by atoms with Gasteiger partial charge in [-0.2, -0.15) is 0 Å². The van der Waals surface area contributed by atoms with Gasteiger partial charge >= 0.3 is 0 Å². The number of amides is 1. The van der Waals surface area contributed by atoms with Crippen molar-refractivity contribution in [2.45, 2.75) is 13.3 Å². The molecule has 2 fully saturated rings. The number of fused-ring (bicyclic) bond motifs is 2. The molecular formula is C25H24FN5O5. The first-order valence-corrected chi connectivity index (χ1v) is 11.6. The monoisotopic (exact) mass is 493 g/mol. The SMILES string of the molecule is COc1cc2c(Oc3cnc4[nH]c(C)cc4c3F)ncnc2cc1OCCC(=O)N1CC2(COC2)C1. The molecule has 36 heavy (non-hydrogen) atoms. The topological polar surface area (TPSA) is 112 Å². The number of carbonyl (C=O) groups is 1. The maximum atomic E-state index is 15.0. The van der Waals surface area contributed by atoms with Crippen LogP contribution in [0.1, 0.15) is 12.1 Å². The number of aromatic nitrogens is 4. The van der Waals surface area contributed by atoms with Gasteiger partial charge in [-0.25, -0.2) is 19.3 Å². The highest BCUT2D eigenvalue weighted by molar-refractivity contribution is 5.87. The second-order valence-corrected chi connectivity index (χ2v) is 9.29. The first-order valence-electron chi connectivity index (χ1n) is 11.6. The van der Waals surface area contributed by atoms with Gasteiger partial charge < -0.3 is 28.8 Å². The largest absolute Gasteiger partial charge is 0.493 e. The number of pyridine rings is 1. The molecule has 4 aromatic rings. The maximum absolute atomic E-state index is 15.0.